The number of hydrogen-bond donors (Lipinski definition) is 1. The van der Waals surface area contributed by atoms with Crippen molar-refractivity contribution in [1.29, 1.82) is 0 Å². The van der Waals surface area contributed by atoms with Crippen molar-refractivity contribution in [2.45, 2.75) is 32.4 Å². The van der Waals surface area contributed by atoms with Crippen LogP contribution in [0, 0.1) is 6.92 Å². The molecule has 2 amide bonds. The molecule has 0 bridgehead atoms. The van der Waals surface area contributed by atoms with Gasteiger partial charge in [0.2, 0.25) is 0 Å². The molecular weight excluding hydrogens is 306 g/mol. The summed E-state index contributed by atoms with van der Waals surface area (Å²) in [6.07, 6.45) is 8.92. The maximum absolute atomic E-state index is 12.2. The zero-order valence-electron chi connectivity index (χ0n) is 13.9. The van der Waals surface area contributed by atoms with Crippen molar-refractivity contribution in [2.75, 3.05) is 19.6 Å². The van der Waals surface area contributed by atoms with Crippen molar-refractivity contribution < 1.29 is 9.53 Å². The van der Waals surface area contributed by atoms with Gasteiger partial charge < -0.3 is 19.5 Å². The summed E-state index contributed by atoms with van der Waals surface area (Å²) < 4.78 is 7.93. The number of imidazole rings is 1. The van der Waals surface area contributed by atoms with Gasteiger partial charge in [-0.3, -0.25) is 4.98 Å². The van der Waals surface area contributed by atoms with Crippen LogP contribution in [0.5, 0.6) is 5.75 Å². The lowest BCUT2D eigenvalue weighted by Gasteiger charge is -2.18. The maximum Gasteiger partial charge on any atom is 0.317 e. The number of urea groups is 1. The monoisotopic (exact) mass is 329 g/mol. The van der Waals surface area contributed by atoms with Crippen molar-refractivity contribution in [1.82, 2.24) is 24.8 Å². The molecule has 1 aliphatic rings. The molecule has 0 aliphatic carbocycles. The van der Waals surface area contributed by atoms with Crippen LogP contribution >= 0.6 is 0 Å². The van der Waals surface area contributed by atoms with E-state index in [4.69, 9.17) is 4.74 Å². The molecule has 0 aromatic carbocycles. The van der Waals surface area contributed by atoms with E-state index in [9.17, 15) is 4.79 Å². The fourth-order valence-corrected chi connectivity index (χ4v) is 2.81. The molecule has 2 aromatic heterocycles. The zero-order valence-corrected chi connectivity index (χ0v) is 13.9. The molecule has 0 spiro atoms. The highest BCUT2D eigenvalue weighted by atomic mass is 16.5. The van der Waals surface area contributed by atoms with Gasteiger partial charge in [0, 0.05) is 44.6 Å². The van der Waals surface area contributed by atoms with Gasteiger partial charge in [-0.05, 0) is 25.5 Å². The third kappa shape index (κ3) is 4.24. The van der Waals surface area contributed by atoms with Gasteiger partial charge in [-0.15, -0.1) is 0 Å². The first-order valence-corrected chi connectivity index (χ1v) is 8.29. The Hall–Kier alpha value is -2.57. The molecule has 0 unspecified atom stereocenters. The van der Waals surface area contributed by atoms with Gasteiger partial charge in [-0.25, -0.2) is 9.78 Å². The van der Waals surface area contributed by atoms with Crippen molar-refractivity contribution in [3.63, 3.8) is 0 Å². The van der Waals surface area contributed by atoms with Gasteiger partial charge in [-0.2, -0.15) is 0 Å². The third-order valence-corrected chi connectivity index (χ3v) is 4.15. The number of aromatic nitrogens is 3. The van der Waals surface area contributed by atoms with E-state index in [0.717, 1.165) is 37.5 Å². The summed E-state index contributed by atoms with van der Waals surface area (Å²) in [7, 11) is 0. The molecular formula is C17H23N5O2. The first kappa shape index (κ1) is 16.3. The van der Waals surface area contributed by atoms with Crippen LogP contribution < -0.4 is 10.1 Å². The maximum atomic E-state index is 12.2. The summed E-state index contributed by atoms with van der Waals surface area (Å²) in [5.41, 5.74) is 0. The smallest absolute Gasteiger partial charge is 0.317 e. The highest BCUT2D eigenvalue weighted by Gasteiger charge is 2.27. The standard InChI is InChI=1S/C17H23N5O2/c1-14-19-8-11-21(14)9-3-7-20-17(23)22-10-5-16(13-22)24-15-4-2-6-18-12-15/h2,4,6,8,11-12,16H,3,5,7,9-10,13H2,1H3,(H,20,23)/t16-/m0/s1. The number of likely N-dealkylation sites (tertiary alicyclic amines) is 1. The summed E-state index contributed by atoms with van der Waals surface area (Å²) >= 11 is 0. The average Bonchev–Trinajstić information content (AvgIpc) is 3.22. The Kier molecular flexibility index (Phi) is 5.30. The van der Waals surface area contributed by atoms with E-state index in [2.05, 4.69) is 19.9 Å². The molecule has 3 heterocycles. The number of carbonyl (C=O) groups excluding carboxylic acids is 1. The number of hydrogen-bond acceptors (Lipinski definition) is 4. The first-order chi connectivity index (χ1) is 11.7. The lowest BCUT2D eigenvalue weighted by molar-refractivity contribution is 0.186. The van der Waals surface area contributed by atoms with E-state index >= 15 is 0 Å². The van der Waals surface area contributed by atoms with Crippen LogP contribution in [0.25, 0.3) is 0 Å². The van der Waals surface area contributed by atoms with Gasteiger partial charge in [0.05, 0.1) is 12.7 Å². The van der Waals surface area contributed by atoms with Gasteiger partial charge in [-0.1, -0.05) is 0 Å². The molecule has 1 saturated heterocycles. The summed E-state index contributed by atoms with van der Waals surface area (Å²) in [4.78, 5) is 22.2. The van der Waals surface area contributed by atoms with Crippen LogP contribution in [0.4, 0.5) is 4.79 Å². The first-order valence-electron chi connectivity index (χ1n) is 8.29. The topological polar surface area (TPSA) is 72.3 Å². The average molecular weight is 329 g/mol. The molecule has 128 valence electrons. The number of pyridine rings is 1. The van der Waals surface area contributed by atoms with Crippen molar-refractivity contribution in [3.8, 4) is 5.75 Å². The van der Waals surface area contributed by atoms with Gasteiger partial charge in [0.25, 0.3) is 0 Å². The lowest BCUT2D eigenvalue weighted by atomic mass is 10.3. The van der Waals surface area contributed by atoms with Gasteiger partial charge in [0.1, 0.15) is 17.7 Å². The Morgan fingerprint density at radius 2 is 2.38 bits per heavy atom. The summed E-state index contributed by atoms with van der Waals surface area (Å²) in [6.45, 7) is 4.82. The largest absolute Gasteiger partial charge is 0.487 e. The van der Waals surface area contributed by atoms with E-state index < -0.39 is 0 Å². The fraction of sp³-hybridized carbons (Fsp3) is 0.471. The SMILES string of the molecule is Cc1nccn1CCCNC(=O)N1CC[C@H](Oc2cccnc2)C1. The number of nitrogens with one attached hydrogen (secondary N) is 1. The van der Waals surface area contributed by atoms with Crippen LogP contribution in [-0.2, 0) is 6.54 Å². The number of aryl methyl sites for hydroxylation is 2. The molecule has 0 saturated carbocycles. The fourth-order valence-electron chi connectivity index (χ4n) is 2.81. The second-order valence-corrected chi connectivity index (χ2v) is 5.92. The lowest BCUT2D eigenvalue weighted by Crippen LogP contribution is -2.40. The second-order valence-electron chi connectivity index (χ2n) is 5.92. The molecule has 1 fully saturated rings. The van der Waals surface area contributed by atoms with Crippen LogP contribution in [0.2, 0.25) is 0 Å². The van der Waals surface area contributed by atoms with Gasteiger partial charge in [0.15, 0.2) is 0 Å². The minimum atomic E-state index is -0.0189. The summed E-state index contributed by atoms with van der Waals surface area (Å²) in [5.74, 6) is 1.75. The van der Waals surface area contributed by atoms with Crippen LogP contribution in [0.15, 0.2) is 36.9 Å². The Labute approximate surface area is 141 Å². The van der Waals surface area contributed by atoms with Crippen LogP contribution in [0.1, 0.15) is 18.7 Å². The molecule has 3 rings (SSSR count). The quantitative estimate of drug-likeness (QED) is 0.821. The highest BCUT2D eigenvalue weighted by molar-refractivity contribution is 5.74. The summed E-state index contributed by atoms with van der Waals surface area (Å²) in [6, 6.07) is 3.71. The molecule has 1 N–H and O–H groups in total. The Morgan fingerprint density at radius 3 is 3.12 bits per heavy atom. The third-order valence-electron chi connectivity index (χ3n) is 4.15. The van der Waals surface area contributed by atoms with Gasteiger partial charge >= 0.3 is 6.03 Å². The highest BCUT2D eigenvalue weighted by Crippen LogP contribution is 2.17. The van der Waals surface area contributed by atoms with E-state index in [-0.39, 0.29) is 12.1 Å². The predicted molar refractivity (Wildman–Crippen MR) is 89.8 cm³/mol. The molecule has 1 atom stereocenters. The van der Waals surface area contributed by atoms with Crippen molar-refractivity contribution in [3.05, 3.63) is 42.7 Å². The van der Waals surface area contributed by atoms with E-state index in [1.807, 2.05) is 30.2 Å². The normalized spacial score (nSPS) is 17.0. The molecule has 24 heavy (non-hydrogen) atoms. The number of amides is 2. The Bertz CT molecular complexity index is 658. The van der Waals surface area contributed by atoms with Crippen molar-refractivity contribution >= 4 is 6.03 Å². The second kappa shape index (κ2) is 7.81. The summed E-state index contributed by atoms with van der Waals surface area (Å²) in [5, 5.41) is 2.98. The van der Waals surface area contributed by atoms with E-state index in [0.29, 0.717) is 13.1 Å². The minimum absolute atomic E-state index is 0.0189. The van der Waals surface area contributed by atoms with E-state index in [1.54, 1.807) is 18.6 Å². The molecule has 0 radical (unpaired) electrons. The number of ether oxygens (including phenoxy) is 1. The number of rotatable bonds is 6. The van der Waals surface area contributed by atoms with Crippen molar-refractivity contribution in [2.24, 2.45) is 0 Å². The van der Waals surface area contributed by atoms with Crippen LogP contribution in [-0.4, -0.2) is 51.2 Å². The number of nitrogens with zero attached hydrogens (tertiary/aromatic N) is 4. The Balaban J connectivity index is 1.36. The molecule has 7 heteroatoms. The number of carbonyl (C=O) groups is 1. The van der Waals surface area contributed by atoms with E-state index in [1.165, 1.54) is 0 Å². The molecule has 1 aliphatic heterocycles. The predicted octanol–water partition coefficient (Wildman–Crippen LogP) is 1.84. The van der Waals surface area contributed by atoms with Crippen LogP contribution in [0.3, 0.4) is 0 Å². The molecule has 2 aromatic rings. The molecule has 7 nitrogen and oxygen atoms in total. The minimum Gasteiger partial charge on any atom is -0.487 e. The Morgan fingerprint density at radius 1 is 1.46 bits per heavy atom. The zero-order chi connectivity index (χ0) is 16.8.